The number of carbonyl (C=O) groups is 2. The van der Waals surface area contributed by atoms with Gasteiger partial charge < -0.3 is 25.5 Å². The van der Waals surface area contributed by atoms with E-state index in [0.717, 1.165) is 0 Å². The zero-order valence-electron chi connectivity index (χ0n) is 11.3. The number of urea groups is 1. The van der Waals surface area contributed by atoms with Gasteiger partial charge in [0.1, 0.15) is 11.3 Å². The quantitative estimate of drug-likeness (QED) is 0.609. The summed E-state index contributed by atoms with van der Waals surface area (Å²) in [7, 11) is 1.57. The minimum atomic E-state index is -1.28. The minimum absolute atomic E-state index is 0.272. The molecule has 110 valence electrons. The number of nitrogens with one attached hydrogen (secondary N) is 1. The Labute approximate surface area is 116 Å². The highest BCUT2D eigenvalue weighted by Crippen LogP contribution is 2.21. The van der Waals surface area contributed by atoms with E-state index in [1.165, 1.54) is 23.1 Å². The van der Waals surface area contributed by atoms with Gasteiger partial charge in [0, 0.05) is 19.3 Å². The van der Waals surface area contributed by atoms with Crippen molar-refractivity contribution in [3.63, 3.8) is 0 Å². The van der Waals surface area contributed by atoms with Gasteiger partial charge in [0.2, 0.25) is 0 Å². The maximum Gasteiger partial charge on any atom is 0.339 e. The minimum Gasteiger partial charge on any atom is -0.507 e. The summed E-state index contributed by atoms with van der Waals surface area (Å²) in [4.78, 5) is 24.0. The molecule has 0 saturated carbocycles. The number of anilines is 1. The molecule has 1 unspecified atom stereocenters. The van der Waals surface area contributed by atoms with E-state index in [1.54, 1.807) is 14.0 Å². The Morgan fingerprint density at radius 1 is 1.40 bits per heavy atom. The van der Waals surface area contributed by atoms with E-state index in [0.29, 0.717) is 13.0 Å². The highest BCUT2D eigenvalue weighted by molar-refractivity contribution is 5.95. The molecule has 1 rings (SSSR count). The number of aliphatic hydroxyl groups is 1. The molecular formula is C13H18N2O5. The standard InChI is InChI=1S/C13H18N2O5/c1-8(16)5-6-15(2)13(20)14-9-3-4-11(17)10(7-9)12(18)19/h3-4,7-8,16-17H,5-6H2,1-2H3,(H,14,20)(H,18,19). The lowest BCUT2D eigenvalue weighted by atomic mass is 10.2. The molecule has 1 aromatic carbocycles. The van der Waals surface area contributed by atoms with Crippen LogP contribution in [0.4, 0.5) is 10.5 Å². The van der Waals surface area contributed by atoms with Crippen LogP contribution in [-0.4, -0.2) is 51.9 Å². The molecule has 0 heterocycles. The van der Waals surface area contributed by atoms with Gasteiger partial charge in [0.25, 0.3) is 0 Å². The summed E-state index contributed by atoms with van der Waals surface area (Å²) < 4.78 is 0. The van der Waals surface area contributed by atoms with Crippen molar-refractivity contribution in [1.29, 1.82) is 0 Å². The number of hydrogen-bond acceptors (Lipinski definition) is 4. The lowest BCUT2D eigenvalue weighted by Crippen LogP contribution is -2.33. The Balaban J connectivity index is 2.71. The summed E-state index contributed by atoms with van der Waals surface area (Å²) in [6.07, 6.45) is -0.0580. The van der Waals surface area contributed by atoms with Gasteiger partial charge in [0.15, 0.2) is 0 Å². The predicted octanol–water partition coefficient (Wildman–Crippen LogP) is 1.33. The fourth-order valence-corrected chi connectivity index (χ4v) is 1.49. The number of aromatic carboxylic acids is 1. The Kier molecular flexibility index (Phi) is 5.33. The first-order valence-corrected chi connectivity index (χ1v) is 6.07. The van der Waals surface area contributed by atoms with E-state index >= 15 is 0 Å². The molecule has 1 atom stereocenters. The second-order valence-corrected chi connectivity index (χ2v) is 4.53. The number of aromatic hydroxyl groups is 1. The third-order valence-electron chi connectivity index (χ3n) is 2.71. The summed E-state index contributed by atoms with van der Waals surface area (Å²) in [6.45, 7) is 2.00. The number of benzene rings is 1. The molecule has 0 bridgehead atoms. The van der Waals surface area contributed by atoms with Gasteiger partial charge in [-0.15, -0.1) is 0 Å². The van der Waals surface area contributed by atoms with Crippen molar-refractivity contribution in [3.05, 3.63) is 23.8 Å². The second-order valence-electron chi connectivity index (χ2n) is 4.53. The van der Waals surface area contributed by atoms with Crippen LogP contribution in [0.15, 0.2) is 18.2 Å². The Hall–Kier alpha value is -2.28. The number of carboxylic acids is 1. The van der Waals surface area contributed by atoms with Crippen molar-refractivity contribution in [2.45, 2.75) is 19.4 Å². The van der Waals surface area contributed by atoms with Crippen molar-refractivity contribution >= 4 is 17.7 Å². The third-order valence-corrected chi connectivity index (χ3v) is 2.71. The van der Waals surface area contributed by atoms with Crippen molar-refractivity contribution in [3.8, 4) is 5.75 Å². The Morgan fingerprint density at radius 3 is 2.60 bits per heavy atom. The summed E-state index contributed by atoms with van der Waals surface area (Å²) in [5.41, 5.74) is -0.0106. The first-order chi connectivity index (χ1) is 9.31. The van der Waals surface area contributed by atoms with Crippen LogP contribution in [0.2, 0.25) is 0 Å². The van der Waals surface area contributed by atoms with Crippen LogP contribution in [0.5, 0.6) is 5.75 Å². The molecule has 2 amide bonds. The smallest absolute Gasteiger partial charge is 0.339 e. The number of carboxylic acid groups (broad SMARTS) is 1. The summed E-state index contributed by atoms with van der Waals surface area (Å²) in [5, 5.41) is 29.9. The van der Waals surface area contributed by atoms with E-state index < -0.39 is 18.1 Å². The fraction of sp³-hybridized carbons (Fsp3) is 0.385. The van der Waals surface area contributed by atoms with Crippen molar-refractivity contribution in [2.24, 2.45) is 0 Å². The van der Waals surface area contributed by atoms with E-state index in [4.69, 9.17) is 10.2 Å². The van der Waals surface area contributed by atoms with Gasteiger partial charge in [-0.3, -0.25) is 0 Å². The average molecular weight is 282 g/mol. The van der Waals surface area contributed by atoms with Crippen LogP contribution in [-0.2, 0) is 0 Å². The molecule has 0 saturated heterocycles. The number of aliphatic hydroxyl groups excluding tert-OH is 1. The molecule has 0 aliphatic rings. The number of rotatable bonds is 5. The van der Waals surface area contributed by atoms with Gasteiger partial charge in [-0.1, -0.05) is 0 Å². The summed E-state index contributed by atoms with van der Waals surface area (Å²) in [6, 6.07) is 3.36. The highest BCUT2D eigenvalue weighted by Gasteiger charge is 2.13. The molecule has 20 heavy (non-hydrogen) atoms. The maximum absolute atomic E-state index is 11.8. The molecule has 1 aromatic rings. The molecule has 7 heteroatoms. The molecule has 0 aromatic heterocycles. The zero-order chi connectivity index (χ0) is 15.3. The summed E-state index contributed by atoms with van der Waals surface area (Å²) >= 11 is 0. The van der Waals surface area contributed by atoms with Gasteiger partial charge in [-0.25, -0.2) is 9.59 Å². The molecule has 7 nitrogen and oxygen atoms in total. The van der Waals surface area contributed by atoms with Crippen LogP contribution in [0, 0.1) is 0 Å². The average Bonchev–Trinajstić information content (AvgIpc) is 2.37. The predicted molar refractivity (Wildman–Crippen MR) is 73.0 cm³/mol. The molecule has 0 radical (unpaired) electrons. The molecule has 0 fully saturated rings. The normalized spacial score (nSPS) is 11.8. The molecule has 0 aliphatic heterocycles. The van der Waals surface area contributed by atoms with Gasteiger partial charge in [-0.2, -0.15) is 0 Å². The number of phenols is 1. The highest BCUT2D eigenvalue weighted by atomic mass is 16.4. The van der Waals surface area contributed by atoms with Crippen LogP contribution in [0.3, 0.4) is 0 Å². The molecule has 0 aliphatic carbocycles. The topological polar surface area (TPSA) is 110 Å². The van der Waals surface area contributed by atoms with E-state index in [1.807, 2.05) is 0 Å². The van der Waals surface area contributed by atoms with Crippen LogP contribution in [0.25, 0.3) is 0 Å². The van der Waals surface area contributed by atoms with Crippen LogP contribution < -0.4 is 5.32 Å². The van der Waals surface area contributed by atoms with E-state index in [9.17, 15) is 14.7 Å². The number of carbonyl (C=O) groups excluding carboxylic acids is 1. The SMILES string of the molecule is CC(O)CCN(C)C(=O)Nc1ccc(O)c(C(=O)O)c1. The van der Waals surface area contributed by atoms with Crippen molar-refractivity contribution < 1.29 is 24.9 Å². The number of amides is 2. The zero-order valence-corrected chi connectivity index (χ0v) is 11.3. The van der Waals surface area contributed by atoms with E-state index in [2.05, 4.69) is 5.32 Å². The molecule has 4 N–H and O–H groups in total. The van der Waals surface area contributed by atoms with Gasteiger partial charge >= 0.3 is 12.0 Å². The third kappa shape index (κ3) is 4.43. The second kappa shape index (κ2) is 6.76. The van der Waals surface area contributed by atoms with Crippen molar-refractivity contribution in [1.82, 2.24) is 4.90 Å². The fourth-order valence-electron chi connectivity index (χ4n) is 1.49. The Bertz CT molecular complexity index is 502. The molecular weight excluding hydrogens is 264 g/mol. The largest absolute Gasteiger partial charge is 0.507 e. The Morgan fingerprint density at radius 2 is 2.05 bits per heavy atom. The van der Waals surface area contributed by atoms with E-state index in [-0.39, 0.29) is 17.0 Å². The lowest BCUT2D eigenvalue weighted by molar-refractivity contribution is 0.0693. The molecule has 0 spiro atoms. The first-order valence-electron chi connectivity index (χ1n) is 6.07. The van der Waals surface area contributed by atoms with Gasteiger partial charge in [-0.05, 0) is 31.5 Å². The van der Waals surface area contributed by atoms with Gasteiger partial charge in [0.05, 0.1) is 6.10 Å². The van der Waals surface area contributed by atoms with Crippen LogP contribution >= 0.6 is 0 Å². The lowest BCUT2D eigenvalue weighted by Gasteiger charge is -2.18. The monoisotopic (exact) mass is 282 g/mol. The first kappa shape index (κ1) is 15.8. The number of hydrogen-bond donors (Lipinski definition) is 4. The maximum atomic E-state index is 11.8. The summed E-state index contributed by atoms with van der Waals surface area (Å²) in [5.74, 6) is -1.64. The van der Waals surface area contributed by atoms with Crippen molar-refractivity contribution in [2.75, 3.05) is 18.9 Å². The number of nitrogens with zero attached hydrogens (tertiary/aromatic N) is 1. The van der Waals surface area contributed by atoms with Crippen LogP contribution in [0.1, 0.15) is 23.7 Å².